The van der Waals surface area contributed by atoms with Crippen molar-refractivity contribution in [1.82, 2.24) is 4.90 Å². The van der Waals surface area contributed by atoms with Crippen LogP contribution in [-0.2, 0) is 13.1 Å². The van der Waals surface area contributed by atoms with Crippen LogP contribution in [0.25, 0.3) is 0 Å². The Balaban J connectivity index is 1.71. The smallest absolute Gasteiger partial charge is 0.162 e. The highest BCUT2D eigenvalue weighted by atomic mass is 32.2. The maximum absolute atomic E-state index is 12.6. The number of aliphatic hydroxyl groups excluding tert-OH is 1. The fourth-order valence-corrected chi connectivity index (χ4v) is 4.54. The Morgan fingerprint density at radius 2 is 1.92 bits per heavy atom. The van der Waals surface area contributed by atoms with Crippen LogP contribution in [-0.4, -0.2) is 48.0 Å². The number of Topliss-reactive ketones (excluding diaryl/α,β-unsaturated/α-hetero) is 1. The first-order chi connectivity index (χ1) is 17.3. The summed E-state index contributed by atoms with van der Waals surface area (Å²) in [4.78, 5) is 19.9. The monoisotopic (exact) mass is 510 g/mol. The molecule has 0 bridgehead atoms. The zero-order chi connectivity index (χ0) is 26.1. The first kappa shape index (κ1) is 27.7. The third-order valence-corrected chi connectivity index (χ3v) is 7.28. The molecule has 1 fully saturated rings. The molecule has 2 aromatic carbocycles. The summed E-state index contributed by atoms with van der Waals surface area (Å²) in [5.74, 6) is 2.43. The number of methoxy groups -OCH3 is 2. The summed E-state index contributed by atoms with van der Waals surface area (Å²) < 4.78 is 10.9. The molecule has 36 heavy (non-hydrogen) atoms. The molecule has 0 aromatic heterocycles. The van der Waals surface area contributed by atoms with Crippen molar-refractivity contribution in [2.45, 2.75) is 45.7 Å². The molecule has 1 aliphatic carbocycles. The van der Waals surface area contributed by atoms with Crippen LogP contribution >= 0.6 is 11.8 Å². The number of benzene rings is 2. The van der Waals surface area contributed by atoms with E-state index in [9.17, 15) is 9.90 Å². The van der Waals surface area contributed by atoms with Crippen LogP contribution in [0.15, 0.2) is 59.8 Å². The maximum atomic E-state index is 12.6. The summed E-state index contributed by atoms with van der Waals surface area (Å²) in [7, 11) is 3.33. The number of carbonyl (C=O) groups is 1. The number of ketones is 1. The Bertz CT molecular complexity index is 1060. The van der Waals surface area contributed by atoms with E-state index in [-0.39, 0.29) is 17.5 Å². The molecule has 0 radical (unpaired) electrons. The van der Waals surface area contributed by atoms with Gasteiger partial charge < -0.3 is 19.5 Å². The second-order valence-electron chi connectivity index (χ2n) is 9.36. The predicted octanol–water partition coefficient (Wildman–Crippen LogP) is 6.51. The minimum absolute atomic E-state index is 0.0783. The summed E-state index contributed by atoms with van der Waals surface area (Å²) in [5.41, 5.74) is 2.83. The number of thioether (sulfide) groups is 1. The molecule has 6 nitrogen and oxygen atoms in total. The van der Waals surface area contributed by atoms with E-state index in [1.54, 1.807) is 26.0 Å². The van der Waals surface area contributed by atoms with Gasteiger partial charge in [0.25, 0.3) is 0 Å². The van der Waals surface area contributed by atoms with E-state index in [1.165, 1.54) is 12.8 Å². The number of nitrogens with zero attached hydrogens (tertiary/aromatic N) is 2. The van der Waals surface area contributed by atoms with Gasteiger partial charge >= 0.3 is 0 Å². The molecule has 7 heteroatoms. The van der Waals surface area contributed by atoms with Gasteiger partial charge in [-0.25, -0.2) is 0 Å². The zero-order valence-electron chi connectivity index (χ0n) is 21.8. The van der Waals surface area contributed by atoms with E-state index in [0.29, 0.717) is 30.9 Å². The topological polar surface area (TPSA) is 71.4 Å². The minimum Gasteiger partial charge on any atom is -0.513 e. The fraction of sp³-hybridized carbons (Fsp3) is 0.448. The molecule has 0 heterocycles. The lowest BCUT2D eigenvalue weighted by molar-refractivity contribution is 0.0974. The molecule has 3 rings (SSSR count). The Kier molecular flexibility index (Phi) is 10.3. The van der Waals surface area contributed by atoms with Crippen molar-refractivity contribution in [3.05, 3.63) is 71.5 Å². The average molecular weight is 511 g/mol. The Hall–Kier alpha value is -2.93. The Morgan fingerprint density at radius 1 is 1.19 bits per heavy atom. The molecule has 2 aromatic rings. The SMILES string of the molecule is C=C(O)C(C)CCC(=O)c1ccc(CN(CC2CC2)C(=NCc2cc(OC)ccc2OC)SC)cc1. The molecule has 1 atom stereocenters. The van der Waals surface area contributed by atoms with Crippen molar-refractivity contribution < 1.29 is 19.4 Å². The second kappa shape index (κ2) is 13.4. The van der Waals surface area contributed by atoms with Gasteiger partial charge in [-0.2, -0.15) is 0 Å². The summed E-state index contributed by atoms with van der Waals surface area (Å²) in [6.45, 7) is 7.64. The highest BCUT2D eigenvalue weighted by molar-refractivity contribution is 8.13. The van der Waals surface area contributed by atoms with Crippen LogP contribution in [0.3, 0.4) is 0 Å². The number of hydrogen-bond acceptors (Lipinski definition) is 6. The molecule has 1 aliphatic rings. The van der Waals surface area contributed by atoms with Crippen molar-refractivity contribution in [1.29, 1.82) is 0 Å². The number of ether oxygens (including phenoxy) is 2. The minimum atomic E-state index is -0.0783. The highest BCUT2D eigenvalue weighted by Crippen LogP contribution is 2.31. The molecule has 0 amide bonds. The molecule has 194 valence electrons. The van der Waals surface area contributed by atoms with Gasteiger partial charge in [-0.1, -0.05) is 49.5 Å². The predicted molar refractivity (Wildman–Crippen MR) is 148 cm³/mol. The molecule has 1 saturated carbocycles. The van der Waals surface area contributed by atoms with Crippen LogP contribution in [0, 0.1) is 11.8 Å². The number of hydrogen-bond donors (Lipinski definition) is 1. The van der Waals surface area contributed by atoms with Crippen LogP contribution in [0.5, 0.6) is 11.5 Å². The Labute approximate surface area is 219 Å². The van der Waals surface area contributed by atoms with Gasteiger partial charge in [0.2, 0.25) is 0 Å². The van der Waals surface area contributed by atoms with Gasteiger partial charge in [-0.15, -0.1) is 0 Å². The fourth-order valence-electron chi connectivity index (χ4n) is 3.95. The molecule has 1 N–H and O–H groups in total. The van der Waals surface area contributed by atoms with Gasteiger partial charge in [0.15, 0.2) is 11.0 Å². The summed E-state index contributed by atoms with van der Waals surface area (Å²) in [5, 5.41) is 10.5. The maximum Gasteiger partial charge on any atom is 0.162 e. The third-order valence-electron chi connectivity index (χ3n) is 6.52. The van der Waals surface area contributed by atoms with Crippen LogP contribution in [0.1, 0.15) is 54.1 Å². The lowest BCUT2D eigenvalue weighted by Gasteiger charge is -2.25. The zero-order valence-corrected chi connectivity index (χ0v) is 22.6. The molecular weight excluding hydrogens is 472 g/mol. The van der Waals surface area contributed by atoms with Crippen LogP contribution < -0.4 is 9.47 Å². The number of aliphatic imine (C=N–C) groups is 1. The van der Waals surface area contributed by atoms with E-state index < -0.39 is 0 Å². The van der Waals surface area contributed by atoms with E-state index >= 15 is 0 Å². The molecular formula is C29H38N2O4S. The van der Waals surface area contributed by atoms with E-state index in [0.717, 1.165) is 40.9 Å². The molecule has 0 saturated heterocycles. The Morgan fingerprint density at radius 3 is 2.50 bits per heavy atom. The first-order valence-electron chi connectivity index (χ1n) is 12.4. The van der Waals surface area contributed by atoms with Gasteiger partial charge in [-0.05, 0) is 55.2 Å². The first-order valence-corrected chi connectivity index (χ1v) is 13.6. The number of rotatable bonds is 13. The van der Waals surface area contributed by atoms with Crippen molar-refractivity contribution >= 4 is 22.7 Å². The number of aliphatic hydroxyl groups is 1. The molecule has 1 unspecified atom stereocenters. The van der Waals surface area contributed by atoms with Gasteiger partial charge in [-0.3, -0.25) is 9.79 Å². The van der Waals surface area contributed by atoms with Gasteiger partial charge in [0, 0.05) is 36.6 Å². The van der Waals surface area contributed by atoms with Crippen molar-refractivity contribution in [2.75, 3.05) is 27.0 Å². The summed E-state index contributed by atoms with van der Waals surface area (Å²) in [6, 6.07) is 13.6. The third kappa shape index (κ3) is 8.05. The standard InChI is InChI=1S/C29H38N2O4S/c1-20(21(2)32)6-14-27(33)24-11-9-23(10-12-24)19-31(18-22-7-8-22)29(36-5)30-17-25-16-26(34-3)13-15-28(25)35-4/h9-13,15-16,20,22,32H,2,6-8,14,17-19H2,1,3-5H3. The van der Waals surface area contributed by atoms with E-state index in [4.69, 9.17) is 14.5 Å². The lowest BCUT2D eigenvalue weighted by Crippen LogP contribution is -2.30. The average Bonchev–Trinajstić information content (AvgIpc) is 3.71. The lowest BCUT2D eigenvalue weighted by atomic mass is 9.98. The van der Waals surface area contributed by atoms with Crippen molar-refractivity contribution in [3.8, 4) is 11.5 Å². The van der Waals surface area contributed by atoms with Crippen molar-refractivity contribution in [2.24, 2.45) is 16.8 Å². The quantitative estimate of drug-likeness (QED) is 0.143. The normalized spacial score (nSPS) is 14.3. The molecule has 0 spiro atoms. The van der Waals surface area contributed by atoms with E-state index in [2.05, 4.69) is 17.7 Å². The number of carbonyl (C=O) groups excluding carboxylic acids is 1. The number of allylic oxidation sites excluding steroid dienone is 1. The largest absolute Gasteiger partial charge is 0.513 e. The summed E-state index contributed by atoms with van der Waals surface area (Å²) >= 11 is 1.65. The van der Waals surface area contributed by atoms with Gasteiger partial charge in [0.1, 0.15) is 11.5 Å². The number of amidine groups is 1. The highest BCUT2D eigenvalue weighted by Gasteiger charge is 2.26. The second-order valence-corrected chi connectivity index (χ2v) is 10.1. The van der Waals surface area contributed by atoms with Crippen LogP contribution in [0.4, 0.5) is 0 Å². The van der Waals surface area contributed by atoms with E-state index in [1.807, 2.05) is 49.4 Å². The molecule has 0 aliphatic heterocycles. The summed E-state index contributed by atoms with van der Waals surface area (Å²) in [6.07, 6.45) is 5.56. The van der Waals surface area contributed by atoms with Crippen LogP contribution in [0.2, 0.25) is 0 Å². The van der Waals surface area contributed by atoms with Crippen molar-refractivity contribution in [3.63, 3.8) is 0 Å². The van der Waals surface area contributed by atoms with Gasteiger partial charge in [0.05, 0.1) is 26.5 Å².